The molecular weight excluding hydrogens is 218 g/mol. The fraction of sp³-hybridized carbons (Fsp3) is 0.750. The van der Waals surface area contributed by atoms with Gasteiger partial charge in [0.15, 0.2) is 0 Å². The second-order valence-electron chi connectivity index (χ2n) is 4.65. The first-order valence-electron chi connectivity index (χ1n) is 6.10. The highest BCUT2D eigenvalue weighted by Gasteiger charge is 2.36. The Morgan fingerprint density at radius 2 is 2.25 bits per heavy atom. The van der Waals surface area contributed by atoms with E-state index >= 15 is 0 Å². The van der Waals surface area contributed by atoms with E-state index in [1.54, 1.807) is 11.3 Å². The van der Waals surface area contributed by atoms with Crippen molar-refractivity contribution in [2.24, 2.45) is 0 Å². The third-order valence-electron chi connectivity index (χ3n) is 3.40. The molecular formula is C12H21N3S. The molecule has 1 saturated heterocycles. The van der Waals surface area contributed by atoms with Gasteiger partial charge in [-0.15, -0.1) is 11.3 Å². The number of nitrogens with zero attached hydrogens (tertiary/aromatic N) is 2. The number of thiazole rings is 1. The summed E-state index contributed by atoms with van der Waals surface area (Å²) in [5, 5.41) is 7.09. The Morgan fingerprint density at radius 3 is 2.81 bits per heavy atom. The van der Waals surface area contributed by atoms with Crippen molar-refractivity contribution in [2.45, 2.75) is 31.7 Å². The van der Waals surface area contributed by atoms with Crippen LogP contribution in [0.3, 0.4) is 0 Å². The molecule has 0 saturated carbocycles. The highest BCUT2D eigenvalue weighted by Crippen LogP contribution is 2.33. The van der Waals surface area contributed by atoms with Crippen LogP contribution in [0.25, 0.3) is 0 Å². The number of aromatic nitrogens is 1. The van der Waals surface area contributed by atoms with Gasteiger partial charge in [-0.2, -0.15) is 0 Å². The SMILES string of the molecule is CCCNC1(c2nccs2)CCN(C)CC1. The van der Waals surface area contributed by atoms with Crippen LogP contribution >= 0.6 is 11.3 Å². The molecule has 2 rings (SSSR count). The Kier molecular flexibility index (Phi) is 3.95. The Hall–Kier alpha value is -0.450. The molecule has 0 aromatic carbocycles. The molecule has 16 heavy (non-hydrogen) atoms. The number of hydrogen-bond donors (Lipinski definition) is 1. The summed E-state index contributed by atoms with van der Waals surface area (Å²) in [4.78, 5) is 6.93. The summed E-state index contributed by atoms with van der Waals surface area (Å²) < 4.78 is 0. The van der Waals surface area contributed by atoms with Crippen LogP contribution in [0.15, 0.2) is 11.6 Å². The standard InChI is InChI=1S/C12H21N3S/c1-3-6-14-12(11-13-7-10-16-11)4-8-15(2)9-5-12/h7,10,14H,3-6,8-9H2,1-2H3. The third-order valence-corrected chi connectivity index (χ3v) is 4.37. The van der Waals surface area contributed by atoms with Crippen molar-refractivity contribution >= 4 is 11.3 Å². The molecule has 0 spiro atoms. The number of likely N-dealkylation sites (tertiary alicyclic amines) is 1. The van der Waals surface area contributed by atoms with Gasteiger partial charge < -0.3 is 10.2 Å². The molecule has 2 heterocycles. The van der Waals surface area contributed by atoms with Crippen molar-refractivity contribution in [1.29, 1.82) is 0 Å². The van der Waals surface area contributed by atoms with Gasteiger partial charge >= 0.3 is 0 Å². The lowest BCUT2D eigenvalue weighted by Crippen LogP contribution is -2.50. The zero-order chi connectivity index (χ0) is 11.4. The van der Waals surface area contributed by atoms with Crippen LogP contribution < -0.4 is 5.32 Å². The summed E-state index contributed by atoms with van der Waals surface area (Å²) >= 11 is 1.79. The first-order chi connectivity index (χ1) is 7.77. The second kappa shape index (κ2) is 5.25. The molecule has 0 aliphatic carbocycles. The number of nitrogens with one attached hydrogen (secondary N) is 1. The molecule has 0 amide bonds. The van der Waals surface area contributed by atoms with Crippen LogP contribution in [0.4, 0.5) is 0 Å². The van der Waals surface area contributed by atoms with E-state index in [9.17, 15) is 0 Å². The minimum atomic E-state index is 0.149. The van der Waals surface area contributed by atoms with E-state index in [1.807, 2.05) is 6.20 Å². The van der Waals surface area contributed by atoms with Crippen molar-refractivity contribution in [3.63, 3.8) is 0 Å². The number of hydrogen-bond acceptors (Lipinski definition) is 4. The minimum absolute atomic E-state index is 0.149. The van der Waals surface area contributed by atoms with Crippen LogP contribution in [0.2, 0.25) is 0 Å². The molecule has 0 unspecified atom stereocenters. The van der Waals surface area contributed by atoms with Gasteiger partial charge in [0.2, 0.25) is 0 Å². The Labute approximate surface area is 102 Å². The monoisotopic (exact) mass is 239 g/mol. The predicted octanol–water partition coefficient (Wildman–Crippen LogP) is 2.06. The summed E-state index contributed by atoms with van der Waals surface area (Å²) in [7, 11) is 2.20. The molecule has 0 radical (unpaired) electrons. The smallest absolute Gasteiger partial charge is 0.113 e. The van der Waals surface area contributed by atoms with E-state index in [4.69, 9.17) is 0 Å². The molecule has 1 aromatic rings. The van der Waals surface area contributed by atoms with Gasteiger partial charge in [0.1, 0.15) is 5.01 Å². The van der Waals surface area contributed by atoms with Crippen LogP contribution in [0.5, 0.6) is 0 Å². The van der Waals surface area contributed by atoms with Gasteiger partial charge in [0.05, 0.1) is 5.54 Å². The lowest BCUT2D eigenvalue weighted by molar-refractivity contribution is 0.156. The molecule has 0 atom stereocenters. The quantitative estimate of drug-likeness (QED) is 0.872. The summed E-state index contributed by atoms with van der Waals surface area (Å²) in [5.41, 5.74) is 0.149. The molecule has 3 nitrogen and oxygen atoms in total. The fourth-order valence-electron chi connectivity index (χ4n) is 2.29. The average Bonchev–Trinajstić information content (AvgIpc) is 2.83. The number of rotatable bonds is 4. The van der Waals surface area contributed by atoms with Crippen LogP contribution in [-0.2, 0) is 5.54 Å². The van der Waals surface area contributed by atoms with Gasteiger partial charge in [-0.1, -0.05) is 6.92 Å². The van der Waals surface area contributed by atoms with Crippen molar-refractivity contribution in [3.8, 4) is 0 Å². The van der Waals surface area contributed by atoms with Crippen LogP contribution in [0.1, 0.15) is 31.2 Å². The van der Waals surface area contributed by atoms with Gasteiger partial charge in [0, 0.05) is 24.7 Å². The topological polar surface area (TPSA) is 28.2 Å². The molecule has 1 aromatic heterocycles. The van der Waals surface area contributed by atoms with E-state index < -0.39 is 0 Å². The zero-order valence-corrected chi connectivity index (χ0v) is 11.0. The lowest BCUT2D eigenvalue weighted by atomic mass is 9.88. The normalized spacial score (nSPS) is 21.1. The largest absolute Gasteiger partial charge is 0.306 e. The van der Waals surface area contributed by atoms with E-state index in [0.29, 0.717) is 0 Å². The first-order valence-corrected chi connectivity index (χ1v) is 6.98. The maximum Gasteiger partial charge on any atom is 0.113 e. The molecule has 1 N–H and O–H groups in total. The molecule has 0 bridgehead atoms. The van der Waals surface area contributed by atoms with Crippen molar-refractivity contribution in [1.82, 2.24) is 15.2 Å². The van der Waals surface area contributed by atoms with E-state index in [1.165, 1.54) is 24.3 Å². The first kappa shape index (κ1) is 12.0. The minimum Gasteiger partial charge on any atom is -0.306 e. The summed E-state index contributed by atoms with van der Waals surface area (Å²) in [6.07, 6.45) is 5.46. The predicted molar refractivity (Wildman–Crippen MR) is 68.8 cm³/mol. The third kappa shape index (κ3) is 2.44. The van der Waals surface area contributed by atoms with Crippen LogP contribution in [-0.4, -0.2) is 36.6 Å². The maximum absolute atomic E-state index is 4.53. The number of piperidine rings is 1. The van der Waals surface area contributed by atoms with Gasteiger partial charge in [0.25, 0.3) is 0 Å². The summed E-state index contributed by atoms with van der Waals surface area (Å²) in [6.45, 7) is 5.63. The molecule has 90 valence electrons. The molecule has 4 heteroatoms. The van der Waals surface area contributed by atoms with Crippen molar-refractivity contribution < 1.29 is 0 Å². The Balaban J connectivity index is 2.13. The highest BCUT2D eigenvalue weighted by molar-refractivity contribution is 7.09. The second-order valence-corrected chi connectivity index (χ2v) is 5.54. The van der Waals surface area contributed by atoms with Crippen molar-refractivity contribution in [2.75, 3.05) is 26.7 Å². The maximum atomic E-state index is 4.53. The Bertz CT molecular complexity index is 297. The van der Waals surface area contributed by atoms with E-state index in [-0.39, 0.29) is 5.54 Å². The highest BCUT2D eigenvalue weighted by atomic mass is 32.1. The van der Waals surface area contributed by atoms with Gasteiger partial charge in [-0.25, -0.2) is 4.98 Å². The van der Waals surface area contributed by atoms with Crippen molar-refractivity contribution in [3.05, 3.63) is 16.6 Å². The van der Waals surface area contributed by atoms with E-state index in [2.05, 4.69) is 34.6 Å². The average molecular weight is 239 g/mol. The molecule has 1 fully saturated rings. The van der Waals surface area contributed by atoms with Gasteiger partial charge in [-0.3, -0.25) is 0 Å². The molecule has 1 aliphatic rings. The summed E-state index contributed by atoms with van der Waals surface area (Å²) in [6, 6.07) is 0. The summed E-state index contributed by atoms with van der Waals surface area (Å²) in [5.74, 6) is 0. The van der Waals surface area contributed by atoms with Gasteiger partial charge in [-0.05, 0) is 32.9 Å². The molecule has 1 aliphatic heterocycles. The fourth-order valence-corrected chi connectivity index (χ4v) is 3.16. The van der Waals surface area contributed by atoms with E-state index in [0.717, 1.165) is 19.6 Å². The lowest BCUT2D eigenvalue weighted by Gasteiger charge is -2.40. The van der Waals surface area contributed by atoms with Crippen LogP contribution in [0, 0.1) is 0 Å². The zero-order valence-electron chi connectivity index (χ0n) is 10.2. The Morgan fingerprint density at radius 1 is 1.50 bits per heavy atom.